The Kier molecular flexibility index (Phi) is 6.39. The van der Waals surface area contributed by atoms with E-state index in [2.05, 4.69) is 29.0 Å². The van der Waals surface area contributed by atoms with Crippen molar-refractivity contribution in [2.45, 2.75) is 45.2 Å². The minimum atomic E-state index is 0. The van der Waals surface area contributed by atoms with Crippen LogP contribution in [0.15, 0.2) is 0 Å². The van der Waals surface area contributed by atoms with Gasteiger partial charge in [-0.25, -0.2) is 0 Å². The van der Waals surface area contributed by atoms with Gasteiger partial charge in [-0.1, -0.05) is 0 Å². The van der Waals surface area contributed by atoms with Gasteiger partial charge < -0.3 is 10.2 Å². The summed E-state index contributed by atoms with van der Waals surface area (Å²) in [6.45, 7) is 8.94. The van der Waals surface area contributed by atoms with Crippen LogP contribution in [0.1, 0.15) is 33.1 Å². The van der Waals surface area contributed by atoms with E-state index in [1.54, 1.807) is 0 Å². The van der Waals surface area contributed by atoms with Crippen molar-refractivity contribution in [2.75, 3.05) is 32.7 Å². The average Bonchev–Trinajstić information content (AvgIpc) is 2.32. The molecular formula is C13H26ClN3O. The van der Waals surface area contributed by atoms with E-state index >= 15 is 0 Å². The van der Waals surface area contributed by atoms with Crippen molar-refractivity contribution >= 4 is 18.3 Å². The first-order valence-electron chi connectivity index (χ1n) is 6.92. The summed E-state index contributed by atoms with van der Waals surface area (Å²) in [5.74, 6) is 0.325. The van der Waals surface area contributed by atoms with E-state index in [-0.39, 0.29) is 12.4 Å². The van der Waals surface area contributed by atoms with E-state index in [1.807, 2.05) is 0 Å². The molecule has 0 aliphatic carbocycles. The number of piperazine rings is 1. The van der Waals surface area contributed by atoms with Crippen molar-refractivity contribution in [3.05, 3.63) is 0 Å². The molecule has 2 fully saturated rings. The Hall–Kier alpha value is -0.320. The molecule has 1 unspecified atom stereocenters. The molecule has 18 heavy (non-hydrogen) atoms. The number of carbonyl (C=O) groups excluding carboxylic acids is 1. The maximum atomic E-state index is 12.3. The van der Waals surface area contributed by atoms with E-state index < -0.39 is 0 Å². The molecule has 2 atom stereocenters. The molecule has 0 bridgehead atoms. The lowest BCUT2D eigenvalue weighted by Crippen LogP contribution is -2.54. The van der Waals surface area contributed by atoms with Gasteiger partial charge in [-0.05, 0) is 33.1 Å². The highest BCUT2D eigenvalue weighted by Crippen LogP contribution is 2.17. The van der Waals surface area contributed by atoms with Gasteiger partial charge in [0.1, 0.15) is 0 Å². The van der Waals surface area contributed by atoms with Gasteiger partial charge in [0.05, 0.1) is 6.54 Å². The van der Waals surface area contributed by atoms with Crippen molar-refractivity contribution in [1.29, 1.82) is 0 Å². The van der Waals surface area contributed by atoms with Gasteiger partial charge >= 0.3 is 0 Å². The lowest BCUT2D eigenvalue weighted by Gasteiger charge is -2.38. The van der Waals surface area contributed by atoms with Crippen molar-refractivity contribution in [1.82, 2.24) is 15.1 Å². The SMILES string of the molecule is CC1CCCCN1C(=O)CN1CCNC[C@H]1C.Cl. The van der Waals surface area contributed by atoms with Crippen LogP contribution in [0.5, 0.6) is 0 Å². The fourth-order valence-corrected chi connectivity index (χ4v) is 2.85. The van der Waals surface area contributed by atoms with E-state index in [4.69, 9.17) is 0 Å². The third kappa shape index (κ3) is 3.84. The van der Waals surface area contributed by atoms with Crippen molar-refractivity contribution in [3.63, 3.8) is 0 Å². The maximum Gasteiger partial charge on any atom is 0.236 e. The first kappa shape index (κ1) is 15.7. The second-order valence-electron chi connectivity index (χ2n) is 5.46. The fourth-order valence-electron chi connectivity index (χ4n) is 2.85. The number of hydrogen-bond donors (Lipinski definition) is 1. The van der Waals surface area contributed by atoms with Crippen LogP contribution in [0.3, 0.4) is 0 Å². The summed E-state index contributed by atoms with van der Waals surface area (Å²) in [4.78, 5) is 16.7. The lowest BCUT2D eigenvalue weighted by atomic mass is 10.0. The number of likely N-dealkylation sites (tertiary alicyclic amines) is 1. The van der Waals surface area contributed by atoms with Gasteiger partial charge in [0.25, 0.3) is 0 Å². The molecule has 4 nitrogen and oxygen atoms in total. The zero-order valence-corrected chi connectivity index (χ0v) is 12.3. The number of rotatable bonds is 2. The van der Waals surface area contributed by atoms with E-state index in [1.165, 1.54) is 19.3 Å². The summed E-state index contributed by atoms with van der Waals surface area (Å²) in [5.41, 5.74) is 0. The Morgan fingerprint density at radius 3 is 2.67 bits per heavy atom. The number of carbonyl (C=O) groups is 1. The number of piperidine rings is 1. The second-order valence-corrected chi connectivity index (χ2v) is 5.46. The zero-order chi connectivity index (χ0) is 12.3. The minimum absolute atomic E-state index is 0. The quantitative estimate of drug-likeness (QED) is 0.820. The number of amides is 1. The van der Waals surface area contributed by atoms with Crippen LogP contribution in [0.25, 0.3) is 0 Å². The molecule has 0 aromatic heterocycles. The summed E-state index contributed by atoms with van der Waals surface area (Å²) in [5, 5.41) is 3.36. The molecule has 2 heterocycles. The summed E-state index contributed by atoms with van der Waals surface area (Å²) in [7, 11) is 0. The molecule has 5 heteroatoms. The predicted molar refractivity (Wildman–Crippen MR) is 76.2 cm³/mol. The Morgan fingerprint density at radius 2 is 2.00 bits per heavy atom. The lowest BCUT2D eigenvalue weighted by molar-refractivity contribution is -0.136. The van der Waals surface area contributed by atoms with E-state index in [0.29, 0.717) is 24.5 Å². The molecule has 2 aliphatic rings. The van der Waals surface area contributed by atoms with Gasteiger partial charge in [-0.3, -0.25) is 9.69 Å². The molecule has 1 amide bonds. The molecule has 2 aliphatic heterocycles. The molecule has 0 saturated carbocycles. The Balaban J connectivity index is 0.00000162. The van der Waals surface area contributed by atoms with E-state index in [0.717, 1.165) is 26.2 Å². The van der Waals surface area contributed by atoms with Gasteiger partial charge in [-0.15, -0.1) is 12.4 Å². The first-order chi connectivity index (χ1) is 8.18. The van der Waals surface area contributed by atoms with Crippen molar-refractivity contribution < 1.29 is 4.79 Å². The van der Waals surface area contributed by atoms with Gasteiger partial charge in [-0.2, -0.15) is 0 Å². The van der Waals surface area contributed by atoms with Gasteiger partial charge in [0, 0.05) is 38.3 Å². The molecule has 2 rings (SSSR count). The number of hydrogen-bond acceptors (Lipinski definition) is 3. The first-order valence-corrected chi connectivity index (χ1v) is 6.92. The summed E-state index contributed by atoms with van der Waals surface area (Å²) >= 11 is 0. The molecule has 0 spiro atoms. The third-order valence-corrected chi connectivity index (χ3v) is 4.10. The van der Waals surface area contributed by atoms with Gasteiger partial charge in [0.2, 0.25) is 5.91 Å². The number of halogens is 1. The Labute approximate surface area is 116 Å². The molecular weight excluding hydrogens is 250 g/mol. The molecule has 0 aromatic rings. The standard InChI is InChI=1S/C13H25N3O.ClH/c1-11-5-3-4-7-16(11)13(17)10-15-8-6-14-9-12(15)2;/h11-12,14H,3-10H2,1-2H3;1H/t11?,12-;/m1./s1. The third-order valence-electron chi connectivity index (χ3n) is 4.10. The largest absolute Gasteiger partial charge is 0.339 e. The Morgan fingerprint density at radius 1 is 1.22 bits per heavy atom. The van der Waals surface area contributed by atoms with Crippen LogP contribution < -0.4 is 5.32 Å². The van der Waals surface area contributed by atoms with Crippen LogP contribution in [-0.4, -0.2) is 60.5 Å². The zero-order valence-electron chi connectivity index (χ0n) is 11.5. The molecule has 106 valence electrons. The average molecular weight is 276 g/mol. The highest BCUT2D eigenvalue weighted by atomic mass is 35.5. The molecule has 0 radical (unpaired) electrons. The molecule has 2 saturated heterocycles. The summed E-state index contributed by atoms with van der Waals surface area (Å²) in [6, 6.07) is 0.919. The Bertz CT molecular complexity index is 275. The topological polar surface area (TPSA) is 35.6 Å². The monoisotopic (exact) mass is 275 g/mol. The maximum absolute atomic E-state index is 12.3. The van der Waals surface area contributed by atoms with E-state index in [9.17, 15) is 4.79 Å². The number of nitrogens with zero attached hydrogens (tertiary/aromatic N) is 2. The van der Waals surface area contributed by atoms with Gasteiger partial charge in [0.15, 0.2) is 0 Å². The smallest absolute Gasteiger partial charge is 0.236 e. The summed E-state index contributed by atoms with van der Waals surface area (Å²) < 4.78 is 0. The van der Waals surface area contributed by atoms with Crippen LogP contribution in [0.4, 0.5) is 0 Å². The highest BCUT2D eigenvalue weighted by molar-refractivity contribution is 5.85. The minimum Gasteiger partial charge on any atom is -0.339 e. The van der Waals surface area contributed by atoms with Crippen molar-refractivity contribution in [3.8, 4) is 0 Å². The molecule has 0 aromatic carbocycles. The molecule has 1 N–H and O–H groups in total. The summed E-state index contributed by atoms with van der Waals surface area (Å²) in [6.07, 6.45) is 3.62. The van der Waals surface area contributed by atoms with Crippen LogP contribution >= 0.6 is 12.4 Å². The highest BCUT2D eigenvalue weighted by Gasteiger charge is 2.26. The second kappa shape index (κ2) is 7.31. The van der Waals surface area contributed by atoms with Crippen LogP contribution in [0, 0.1) is 0 Å². The van der Waals surface area contributed by atoms with Crippen molar-refractivity contribution in [2.24, 2.45) is 0 Å². The van der Waals surface area contributed by atoms with Crippen LogP contribution in [0.2, 0.25) is 0 Å². The number of nitrogens with one attached hydrogen (secondary N) is 1. The predicted octanol–water partition coefficient (Wildman–Crippen LogP) is 1.10. The fraction of sp³-hybridized carbons (Fsp3) is 0.923. The normalized spacial score (nSPS) is 29.8. The van der Waals surface area contributed by atoms with Crippen LogP contribution in [-0.2, 0) is 4.79 Å².